The third-order valence-corrected chi connectivity index (χ3v) is 2.86. The molecule has 1 radical (unpaired) electrons. The van der Waals surface area contributed by atoms with E-state index in [1.165, 1.54) is 0 Å². The second kappa shape index (κ2) is 3.94. The van der Waals surface area contributed by atoms with E-state index in [2.05, 4.69) is 16.4 Å². The first kappa shape index (κ1) is 9.35. The van der Waals surface area contributed by atoms with Crippen LogP contribution in [0.1, 0.15) is 5.01 Å². The van der Waals surface area contributed by atoms with Gasteiger partial charge in [0, 0.05) is 11.6 Å². The van der Waals surface area contributed by atoms with E-state index in [9.17, 15) is 0 Å². The van der Waals surface area contributed by atoms with Gasteiger partial charge in [-0.25, -0.2) is 9.97 Å². The molecular weight excluding hydrogens is 224 g/mol. The molecule has 0 aliphatic heterocycles. The van der Waals surface area contributed by atoms with Crippen molar-refractivity contribution in [3.8, 4) is 5.75 Å². The maximum atomic E-state index is 5.63. The van der Waals surface area contributed by atoms with Gasteiger partial charge in [-0.15, -0.1) is 11.3 Å². The van der Waals surface area contributed by atoms with Gasteiger partial charge in [0.05, 0.1) is 0 Å². The number of fused-ring (bicyclic) bond motifs is 1. The first-order valence-electron chi connectivity index (χ1n) is 4.70. The van der Waals surface area contributed by atoms with Gasteiger partial charge in [0.15, 0.2) is 11.1 Å². The number of aromatic nitrogens is 2. The highest BCUT2D eigenvalue weighted by molar-refractivity contribution is 7.09. The highest BCUT2D eigenvalue weighted by Crippen LogP contribution is 2.24. The highest BCUT2D eigenvalue weighted by atomic mass is 32.1. The smallest absolute Gasteiger partial charge is 0.284 e. The van der Waals surface area contributed by atoms with E-state index in [0.29, 0.717) is 23.5 Å². The van der Waals surface area contributed by atoms with Crippen molar-refractivity contribution in [1.29, 1.82) is 0 Å². The molecule has 0 aliphatic rings. The van der Waals surface area contributed by atoms with E-state index in [1.807, 2.05) is 23.6 Å². The first-order chi connectivity index (χ1) is 7.93. The summed E-state index contributed by atoms with van der Waals surface area (Å²) in [7, 11) is 0. The molecule has 0 amide bonds. The number of rotatable bonds is 3. The molecule has 0 spiro atoms. The number of hydrogen-bond donors (Lipinski definition) is 0. The normalized spacial score (nSPS) is 10.8. The molecule has 0 atom stereocenters. The average Bonchev–Trinajstić information content (AvgIpc) is 2.97. The fraction of sp³-hybridized carbons (Fsp3) is 0.0909. The maximum absolute atomic E-state index is 5.63. The number of hydrogen-bond acceptors (Lipinski definition) is 5. The van der Waals surface area contributed by atoms with Crippen LogP contribution in [0.4, 0.5) is 0 Å². The second-order valence-electron chi connectivity index (χ2n) is 3.12. The zero-order chi connectivity index (χ0) is 10.8. The van der Waals surface area contributed by atoms with Crippen LogP contribution in [0.2, 0.25) is 0 Å². The Balaban J connectivity index is 1.86. The van der Waals surface area contributed by atoms with Crippen LogP contribution in [0.15, 0.2) is 34.2 Å². The van der Waals surface area contributed by atoms with Crippen LogP contribution in [0.5, 0.6) is 5.75 Å². The molecule has 0 aliphatic carbocycles. The van der Waals surface area contributed by atoms with E-state index in [1.54, 1.807) is 17.5 Å². The molecule has 0 fully saturated rings. The second-order valence-corrected chi connectivity index (χ2v) is 4.10. The van der Waals surface area contributed by atoms with E-state index in [4.69, 9.17) is 9.15 Å². The minimum absolute atomic E-state index is 0.448. The van der Waals surface area contributed by atoms with E-state index in [0.717, 1.165) is 5.01 Å². The van der Waals surface area contributed by atoms with Crippen LogP contribution in [-0.2, 0) is 6.61 Å². The first-order valence-corrected chi connectivity index (χ1v) is 5.58. The summed E-state index contributed by atoms with van der Waals surface area (Å²) in [5.74, 6) is 0.692. The Kier molecular flexibility index (Phi) is 2.30. The van der Waals surface area contributed by atoms with E-state index in [-0.39, 0.29) is 0 Å². The fourth-order valence-electron chi connectivity index (χ4n) is 1.39. The number of benzene rings is 1. The van der Waals surface area contributed by atoms with Crippen LogP contribution < -0.4 is 4.74 Å². The molecule has 3 rings (SSSR count). The number of ether oxygens (including phenoxy) is 1. The van der Waals surface area contributed by atoms with Gasteiger partial charge >= 0.3 is 0 Å². The number of thiazole rings is 1. The molecule has 0 saturated carbocycles. The van der Waals surface area contributed by atoms with Crippen molar-refractivity contribution in [2.75, 3.05) is 0 Å². The molecule has 2 aromatic heterocycles. The Labute approximate surface area is 95.5 Å². The summed E-state index contributed by atoms with van der Waals surface area (Å²) in [4.78, 5) is 8.13. The van der Waals surface area contributed by atoms with Gasteiger partial charge in [0.2, 0.25) is 0 Å². The Morgan fingerprint density at radius 3 is 3.31 bits per heavy atom. The Morgan fingerprint density at radius 1 is 1.44 bits per heavy atom. The summed E-state index contributed by atoms with van der Waals surface area (Å²) < 4.78 is 10.7. The molecule has 0 saturated heterocycles. The lowest BCUT2D eigenvalue weighted by Crippen LogP contribution is -1.94. The van der Waals surface area contributed by atoms with E-state index >= 15 is 0 Å². The van der Waals surface area contributed by atoms with Crippen molar-refractivity contribution in [2.45, 2.75) is 6.61 Å². The standard InChI is InChI=1S/C11H7N2O2S/c1-2-8(11-9(3-1)15-7-13-11)14-6-10-12-4-5-16-10/h1-5H,6H2. The average molecular weight is 231 g/mol. The Hall–Kier alpha value is -1.88. The summed E-state index contributed by atoms with van der Waals surface area (Å²) in [6.45, 7) is 0.448. The lowest BCUT2D eigenvalue weighted by atomic mass is 10.3. The lowest BCUT2D eigenvalue weighted by Gasteiger charge is -2.03. The van der Waals surface area contributed by atoms with Gasteiger partial charge in [0.1, 0.15) is 17.4 Å². The molecule has 79 valence electrons. The van der Waals surface area contributed by atoms with Crippen molar-refractivity contribution < 1.29 is 9.15 Å². The molecule has 2 heterocycles. The van der Waals surface area contributed by atoms with Crippen LogP contribution in [0, 0.1) is 6.39 Å². The molecule has 4 nitrogen and oxygen atoms in total. The van der Waals surface area contributed by atoms with E-state index < -0.39 is 0 Å². The Bertz CT molecular complexity index is 589. The summed E-state index contributed by atoms with van der Waals surface area (Å²) in [6.07, 6.45) is 4.21. The molecule has 0 unspecified atom stereocenters. The minimum atomic E-state index is 0.448. The van der Waals surface area contributed by atoms with Gasteiger partial charge in [-0.1, -0.05) is 6.07 Å². The summed E-state index contributed by atoms with van der Waals surface area (Å²) in [5.41, 5.74) is 1.37. The Morgan fingerprint density at radius 2 is 2.44 bits per heavy atom. The van der Waals surface area contributed by atoms with Crippen molar-refractivity contribution in [3.63, 3.8) is 0 Å². The van der Waals surface area contributed by atoms with Crippen LogP contribution in [0.25, 0.3) is 11.1 Å². The quantitative estimate of drug-likeness (QED) is 0.695. The number of oxazole rings is 1. The van der Waals surface area contributed by atoms with Gasteiger partial charge in [-0.05, 0) is 12.1 Å². The van der Waals surface area contributed by atoms with Crippen molar-refractivity contribution >= 4 is 22.4 Å². The maximum Gasteiger partial charge on any atom is 0.284 e. The minimum Gasteiger partial charge on any atom is -0.484 e. The SMILES string of the molecule is [c]1nc2c(OCc3nccs3)cccc2o1. The largest absolute Gasteiger partial charge is 0.484 e. The van der Waals surface area contributed by atoms with Crippen LogP contribution >= 0.6 is 11.3 Å². The summed E-state index contributed by atoms with van der Waals surface area (Å²) in [6, 6.07) is 5.54. The predicted molar refractivity (Wildman–Crippen MR) is 59.3 cm³/mol. The molecule has 0 N–H and O–H groups in total. The molecular formula is C11H7N2O2S. The highest BCUT2D eigenvalue weighted by Gasteiger charge is 2.06. The molecule has 16 heavy (non-hydrogen) atoms. The van der Waals surface area contributed by atoms with Crippen LogP contribution in [-0.4, -0.2) is 9.97 Å². The van der Waals surface area contributed by atoms with Crippen LogP contribution in [0.3, 0.4) is 0 Å². The summed E-state index contributed by atoms with van der Waals surface area (Å²) >= 11 is 1.56. The number of para-hydroxylation sites is 1. The van der Waals surface area contributed by atoms with Crippen molar-refractivity contribution in [2.24, 2.45) is 0 Å². The molecule has 1 aromatic carbocycles. The summed E-state index contributed by atoms with van der Waals surface area (Å²) in [5, 5.41) is 2.85. The molecule has 0 bridgehead atoms. The zero-order valence-corrected chi connectivity index (χ0v) is 9.03. The molecule has 5 heteroatoms. The lowest BCUT2D eigenvalue weighted by molar-refractivity contribution is 0.309. The van der Waals surface area contributed by atoms with Gasteiger partial charge in [-0.2, -0.15) is 0 Å². The molecule has 3 aromatic rings. The van der Waals surface area contributed by atoms with Gasteiger partial charge in [-0.3, -0.25) is 0 Å². The van der Waals surface area contributed by atoms with Crippen molar-refractivity contribution in [1.82, 2.24) is 9.97 Å². The van der Waals surface area contributed by atoms with Gasteiger partial charge in [0.25, 0.3) is 6.39 Å². The zero-order valence-electron chi connectivity index (χ0n) is 8.21. The number of nitrogens with zero attached hydrogens (tertiary/aromatic N) is 2. The topological polar surface area (TPSA) is 48.2 Å². The van der Waals surface area contributed by atoms with Gasteiger partial charge < -0.3 is 9.15 Å². The third kappa shape index (κ3) is 1.65. The third-order valence-electron chi connectivity index (χ3n) is 2.11. The predicted octanol–water partition coefficient (Wildman–Crippen LogP) is 2.66. The monoisotopic (exact) mass is 231 g/mol. The fourth-order valence-corrected chi connectivity index (χ4v) is 1.92. The van der Waals surface area contributed by atoms with Crippen molar-refractivity contribution in [3.05, 3.63) is 41.2 Å².